The third-order valence-electron chi connectivity index (χ3n) is 5.08. The van der Waals surface area contributed by atoms with E-state index in [2.05, 4.69) is 19.9 Å². The first-order valence-electron chi connectivity index (χ1n) is 9.26. The van der Waals surface area contributed by atoms with Crippen molar-refractivity contribution in [3.8, 4) is 0 Å². The summed E-state index contributed by atoms with van der Waals surface area (Å²) in [5.41, 5.74) is -0.568. The molecule has 12 heteroatoms. The number of rotatable bonds is 4. The zero-order valence-electron chi connectivity index (χ0n) is 16.0. The number of sulfonamides is 1. The van der Waals surface area contributed by atoms with Crippen LogP contribution >= 0.6 is 0 Å². The number of piperidine rings is 1. The van der Waals surface area contributed by atoms with Crippen LogP contribution in [0, 0.1) is 6.92 Å². The van der Waals surface area contributed by atoms with Crippen molar-refractivity contribution in [3.63, 3.8) is 0 Å². The van der Waals surface area contributed by atoms with E-state index in [4.69, 9.17) is 0 Å². The van der Waals surface area contributed by atoms with Gasteiger partial charge in [0.1, 0.15) is 5.82 Å². The van der Waals surface area contributed by atoms with Crippen molar-refractivity contribution in [2.45, 2.75) is 36.9 Å². The fourth-order valence-corrected chi connectivity index (χ4v) is 5.11. The molecular weight excluding hydrogens is 421 g/mol. The molecule has 0 atom stereocenters. The average molecular weight is 440 g/mol. The summed E-state index contributed by atoms with van der Waals surface area (Å²) in [5, 5.41) is 8.17. The summed E-state index contributed by atoms with van der Waals surface area (Å²) < 4.78 is 69.1. The molecule has 1 fully saturated rings. The van der Waals surface area contributed by atoms with Gasteiger partial charge in [0.25, 0.3) is 0 Å². The van der Waals surface area contributed by atoms with E-state index in [0.29, 0.717) is 37.4 Å². The van der Waals surface area contributed by atoms with Gasteiger partial charge in [0, 0.05) is 31.5 Å². The summed E-state index contributed by atoms with van der Waals surface area (Å²) in [5.74, 6) is 1.36. The van der Waals surface area contributed by atoms with Gasteiger partial charge in [0.05, 0.1) is 10.5 Å². The lowest BCUT2D eigenvalue weighted by molar-refractivity contribution is -0.139. The Bertz CT molecular complexity index is 1170. The van der Waals surface area contributed by atoms with E-state index in [0.717, 1.165) is 18.0 Å². The van der Waals surface area contributed by atoms with E-state index >= 15 is 0 Å². The topological polar surface area (TPSA) is 92.5 Å². The average Bonchev–Trinajstić information content (AvgIpc) is 3.09. The molecule has 0 radical (unpaired) electrons. The predicted octanol–water partition coefficient (Wildman–Crippen LogP) is 2.40. The van der Waals surface area contributed by atoms with Crippen molar-refractivity contribution in [2.75, 3.05) is 18.0 Å². The number of hydrogen-bond donors (Lipinski definition) is 1. The number of anilines is 1. The molecule has 3 aromatic rings. The minimum absolute atomic E-state index is 0.420. The number of nitrogens with one attached hydrogen (secondary N) is 1. The second-order valence-electron chi connectivity index (χ2n) is 7.07. The number of aromatic nitrogens is 4. The molecule has 2 aromatic heterocycles. The van der Waals surface area contributed by atoms with Crippen LogP contribution in [0.2, 0.25) is 0 Å². The van der Waals surface area contributed by atoms with Crippen molar-refractivity contribution < 1.29 is 21.6 Å². The lowest BCUT2D eigenvalue weighted by Gasteiger charge is -2.33. The molecular formula is C18H19F3N6O2S. The van der Waals surface area contributed by atoms with E-state index in [1.54, 1.807) is 12.4 Å². The fourth-order valence-electron chi connectivity index (χ4n) is 3.58. The second-order valence-corrected chi connectivity index (χ2v) is 8.75. The molecule has 1 aromatic carbocycles. The fraction of sp³-hybridized carbons (Fsp3) is 0.389. The van der Waals surface area contributed by atoms with E-state index < -0.39 is 32.7 Å². The smallest absolute Gasteiger partial charge is 0.353 e. The van der Waals surface area contributed by atoms with Crippen molar-refractivity contribution in [3.05, 3.63) is 48.0 Å². The monoisotopic (exact) mass is 440 g/mol. The van der Waals surface area contributed by atoms with Gasteiger partial charge in [-0.1, -0.05) is 12.1 Å². The molecule has 0 amide bonds. The maximum absolute atomic E-state index is 13.2. The number of halogens is 3. The Labute approximate surface area is 170 Å². The van der Waals surface area contributed by atoms with Gasteiger partial charge >= 0.3 is 6.18 Å². The number of hydrogen-bond acceptors (Lipinski definition) is 6. The van der Waals surface area contributed by atoms with Crippen LogP contribution in [-0.2, 0) is 16.2 Å². The van der Waals surface area contributed by atoms with Crippen LogP contribution in [0.15, 0.2) is 41.6 Å². The SMILES string of the molecule is Cc1nnc2c(N3CCC(NS(=O)(=O)c4ccccc4C(F)(F)F)CC3)nccn12. The van der Waals surface area contributed by atoms with Crippen LogP contribution in [0.5, 0.6) is 0 Å². The van der Waals surface area contributed by atoms with Gasteiger partial charge in [-0.2, -0.15) is 13.2 Å². The summed E-state index contributed by atoms with van der Waals surface area (Å²) in [6.45, 7) is 2.78. The van der Waals surface area contributed by atoms with Crippen LogP contribution in [0.3, 0.4) is 0 Å². The number of alkyl halides is 3. The highest BCUT2D eigenvalue weighted by molar-refractivity contribution is 7.89. The molecule has 0 bridgehead atoms. The standard InChI is InChI=1S/C18H19F3N6O2S/c1-12-23-24-17-16(22-8-11-27(12)17)26-9-6-13(7-10-26)25-30(28,29)15-5-3-2-4-14(15)18(19,20)21/h2-5,8,11,13,25H,6-7,9-10H2,1H3. The normalized spacial score (nSPS) is 16.3. The lowest BCUT2D eigenvalue weighted by Crippen LogP contribution is -2.45. The minimum atomic E-state index is -4.75. The molecule has 8 nitrogen and oxygen atoms in total. The Morgan fingerprint density at radius 1 is 1.13 bits per heavy atom. The minimum Gasteiger partial charge on any atom is -0.353 e. The molecule has 1 N–H and O–H groups in total. The molecule has 0 saturated carbocycles. The zero-order chi connectivity index (χ0) is 21.5. The van der Waals surface area contributed by atoms with E-state index in [1.165, 1.54) is 12.1 Å². The molecule has 0 unspecified atom stereocenters. The van der Waals surface area contributed by atoms with Gasteiger partial charge in [-0.25, -0.2) is 18.1 Å². The Morgan fingerprint density at radius 3 is 2.53 bits per heavy atom. The molecule has 4 rings (SSSR count). The van der Waals surface area contributed by atoms with Gasteiger partial charge < -0.3 is 4.90 Å². The van der Waals surface area contributed by atoms with Crippen molar-refractivity contribution >= 4 is 21.5 Å². The van der Waals surface area contributed by atoms with E-state index in [-0.39, 0.29) is 0 Å². The van der Waals surface area contributed by atoms with E-state index in [1.807, 2.05) is 16.2 Å². The highest BCUT2D eigenvalue weighted by atomic mass is 32.2. The molecule has 1 saturated heterocycles. The second kappa shape index (κ2) is 7.51. The number of benzene rings is 1. The zero-order valence-corrected chi connectivity index (χ0v) is 16.8. The quantitative estimate of drug-likeness (QED) is 0.670. The van der Waals surface area contributed by atoms with Gasteiger partial charge in [-0.15, -0.1) is 10.2 Å². The van der Waals surface area contributed by atoms with Crippen LogP contribution in [0.1, 0.15) is 24.2 Å². The van der Waals surface area contributed by atoms with Gasteiger partial charge in [0.2, 0.25) is 15.7 Å². The Kier molecular flexibility index (Phi) is 5.14. The maximum Gasteiger partial charge on any atom is 0.417 e. The molecule has 0 aliphatic carbocycles. The van der Waals surface area contributed by atoms with Gasteiger partial charge in [-0.05, 0) is 31.9 Å². The van der Waals surface area contributed by atoms with Crippen LogP contribution < -0.4 is 9.62 Å². The lowest BCUT2D eigenvalue weighted by atomic mass is 10.1. The largest absolute Gasteiger partial charge is 0.417 e. The molecule has 1 aliphatic rings. The molecule has 1 aliphatic heterocycles. The molecule has 160 valence electrons. The van der Waals surface area contributed by atoms with Crippen molar-refractivity contribution in [2.24, 2.45) is 0 Å². The van der Waals surface area contributed by atoms with E-state index in [9.17, 15) is 21.6 Å². The van der Waals surface area contributed by atoms with Crippen molar-refractivity contribution in [1.82, 2.24) is 24.3 Å². The third-order valence-corrected chi connectivity index (χ3v) is 6.66. The summed E-state index contributed by atoms with van der Waals surface area (Å²) >= 11 is 0. The Balaban J connectivity index is 1.49. The highest BCUT2D eigenvalue weighted by Gasteiger charge is 2.37. The van der Waals surface area contributed by atoms with Crippen LogP contribution in [0.4, 0.5) is 19.0 Å². The number of nitrogens with zero attached hydrogens (tertiary/aromatic N) is 5. The van der Waals surface area contributed by atoms with Crippen LogP contribution in [0.25, 0.3) is 5.65 Å². The van der Waals surface area contributed by atoms with Crippen molar-refractivity contribution in [1.29, 1.82) is 0 Å². The Hall–Kier alpha value is -2.73. The number of aryl methyl sites for hydroxylation is 1. The molecule has 3 heterocycles. The third kappa shape index (κ3) is 3.84. The first-order valence-corrected chi connectivity index (χ1v) is 10.7. The summed E-state index contributed by atoms with van der Waals surface area (Å²) in [7, 11) is -4.32. The highest BCUT2D eigenvalue weighted by Crippen LogP contribution is 2.34. The molecule has 0 spiro atoms. The van der Waals surface area contributed by atoms with Crippen LogP contribution in [-0.4, -0.2) is 47.1 Å². The first-order chi connectivity index (χ1) is 14.2. The summed E-state index contributed by atoms with van der Waals surface area (Å²) in [4.78, 5) is 5.58. The maximum atomic E-state index is 13.2. The first kappa shape index (κ1) is 20.5. The summed E-state index contributed by atoms with van der Waals surface area (Å²) in [6, 6.07) is 3.70. The van der Waals surface area contributed by atoms with Gasteiger partial charge in [-0.3, -0.25) is 4.40 Å². The summed E-state index contributed by atoms with van der Waals surface area (Å²) in [6.07, 6.45) is -0.517. The number of fused-ring (bicyclic) bond motifs is 1. The Morgan fingerprint density at radius 2 is 1.83 bits per heavy atom. The molecule has 30 heavy (non-hydrogen) atoms. The predicted molar refractivity (Wildman–Crippen MR) is 103 cm³/mol. The van der Waals surface area contributed by atoms with Gasteiger partial charge in [0.15, 0.2) is 5.82 Å².